The Hall–Kier alpha value is -2.54. The summed E-state index contributed by atoms with van der Waals surface area (Å²) >= 11 is 7.54. The highest BCUT2D eigenvalue weighted by molar-refractivity contribution is 7.17. The number of nitrogens with zero attached hydrogens (tertiary/aromatic N) is 1. The van der Waals surface area contributed by atoms with Crippen molar-refractivity contribution in [2.75, 3.05) is 31.6 Å². The van der Waals surface area contributed by atoms with E-state index >= 15 is 0 Å². The summed E-state index contributed by atoms with van der Waals surface area (Å²) in [6, 6.07) is 15.6. The van der Waals surface area contributed by atoms with Gasteiger partial charge in [-0.2, -0.15) is 0 Å². The minimum absolute atomic E-state index is 0.0281. The van der Waals surface area contributed by atoms with Gasteiger partial charge in [0.1, 0.15) is 6.10 Å². The zero-order valence-corrected chi connectivity index (χ0v) is 18.1. The van der Waals surface area contributed by atoms with E-state index in [1.807, 2.05) is 47.4 Å². The Bertz CT molecular complexity index is 1090. The molecular weight excluding hydrogens is 420 g/mol. The molecule has 2 aliphatic heterocycles. The van der Waals surface area contributed by atoms with Crippen LogP contribution >= 0.6 is 22.9 Å². The molecule has 0 unspecified atom stereocenters. The minimum atomic E-state index is 0.0281. The number of benzene rings is 2. The molecule has 2 aromatic carbocycles. The molecule has 1 amide bonds. The number of ether oxygens (including phenoxy) is 2. The van der Waals surface area contributed by atoms with E-state index in [0.717, 1.165) is 46.1 Å². The fourth-order valence-corrected chi connectivity index (χ4v) is 4.99. The first kappa shape index (κ1) is 19.4. The number of methoxy groups -OCH3 is 1. The molecule has 5 rings (SSSR count). The van der Waals surface area contributed by atoms with Gasteiger partial charge in [-0.3, -0.25) is 4.79 Å². The Morgan fingerprint density at radius 3 is 2.60 bits per heavy atom. The maximum absolute atomic E-state index is 13.3. The number of hydrogen-bond acceptors (Lipinski definition) is 5. The third kappa shape index (κ3) is 3.55. The Morgan fingerprint density at radius 1 is 1.10 bits per heavy atom. The molecule has 0 spiro atoms. The van der Waals surface area contributed by atoms with Crippen LogP contribution in [0.1, 0.15) is 15.2 Å². The second-order valence-electron chi connectivity index (χ2n) is 7.41. The molecule has 0 bridgehead atoms. The summed E-state index contributed by atoms with van der Waals surface area (Å²) < 4.78 is 11.5. The predicted octanol–water partition coefficient (Wildman–Crippen LogP) is 4.63. The molecule has 30 heavy (non-hydrogen) atoms. The molecule has 1 saturated heterocycles. The van der Waals surface area contributed by atoms with Crippen molar-refractivity contribution in [3.8, 4) is 21.9 Å². The molecule has 7 heteroatoms. The first-order valence-corrected chi connectivity index (χ1v) is 11.1. The van der Waals surface area contributed by atoms with Crippen molar-refractivity contribution in [1.82, 2.24) is 5.32 Å². The maximum atomic E-state index is 13.3. The number of thiophene rings is 1. The van der Waals surface area contributed by atoms with Crippen molar-refractivity contribution in [3.63, 3.8) is 0 Å². The molecule has 154 valence electrons. The smallest absolute Gasteiger partial charge is 0.268 e. The second-order valence-corrected chi connectivity index (χ2v) is 8.90. The lowest BCUT2D eigenvalue weighted by atomic mass is 10.1. The Kier molecular flexibility index (Phi) is 5.15. The number of carbonyl (C=O) groups is 1. The first-order valence-electron chi connectivity index (χ1n) is 9.88. The van der Waals surface area contributed by atoms with Gasteiger partial charge < -0.3 is 19.7 Å². The molecule has 0 radical (unpaired) electrons. The summed E-state index contributed by atoms with van der Waals surface area (Å²) in [5.41, 5.74) is 3.01. The van der Waals surface area contributed by atoms with E-state index in [4.69, 9.17) is 21.1 Å². The average Bonchev–Trinajstić information content (AvgIpc) is 3.17. The van der Waals surface area contributed by atoms with Crippen molar-refractivity contribution in [3.05, 3.63) is 64.0 Å². The van der Waals surface area contributed by atoms with Crippen LogP contribution in [0.2, 0.25) is 5.02 Å². The molecule has 0 atom stereocenters. The summed E-state index contributed by atoms with van der Waals surface area (Å²) in [5.74, 6) is 1.38. The number of carbonyl (C=O) groups excluding carboxylic acids is 1. The van der Waals surface area contributed by atoms with Crippen LogP contribution in [0.25, 0.3) is 10.4 Å². The Balaban J connectivity index is 1.41. The topological polar surface area (TPSA) is 50.8 Å². The lowest BCUT2D eigenvalue weighted by Crippen LogP contribution is -2.50. The molecule has 0 saturated carbocycles. The highest BCUT2D eigenvalue weighted by Crippen LogP contribution is 2.38. The third-order valence-electron chi connectivity index (χ3n) is 5.48. The van der Waals surface area contributed by atoms with Gasteiger partial charge in [-0.15, -0.1) is 11.3 Å². The van der Waals surface area contributed by atoms with Gasteiger partial charge in [0.2, 0.25) is 0 Å². The lowest BCUT2D eigenvalue weighted by molar-refractivity contribution is 0.0984. The highest BCUT2D eigenvalue weighted by Gasteiger charge is 2.29. The normalized spacial score (nSPS) is 16.2. The number of fused-ring (bicyclic) bond motifs is 1. The van der Waals surface area contributed by atoms with E-state index in [1.165, 1.54) is 11.3 Å². The Morgan fingerprint density at radius 2 is 1.90 bits per heavy atom. The number of halogens is 1. The van der Waals surface area contributed by atoms with Gasteiger partial charge in [-0.25, -0.2) is 0 Å². The second kappa shape index (κ2) is 7.95. The number of nitrogens with one attached hydrogen (secondary N) is 1. The third-order valence-corrected chi connectivity index (χ3v) is 6.94. The van der Waals surface area contributed by atoms with Gasteiger partial charge in [0.15, 0.2) is 11.5 Å². The SMILES string of the molecule is COc1cc(N2CCc3cc(-c4ccc(Cl)cc4)sc3C2=O)ccc1OC1CNC1. The summed E-state index contributed by atoms with van der Waals surface area (Å²) in [6.45, 7) is 2.32. The molecule has 2 aliphatic rings. The molecular formula is C23H21ClN2O3S. The number of amides is 1. The van der Waals surface area contributed by atoms with Gasteiger partial charge in [-0.05, 0) is 47.9 Å². The lowest BCUT2D eigenvalue weighted by Gasteiger charge is -2.30. The van der Waals surface area contributed by atoms with E-state index in [0.29, 0.717) is 23.1 Å². The molecule has 0 aliphatic carbocycles. The first-order chi connectivity index (χ1) is 14.6. The van der Waals surface area contributed by atoms with Crippen molar-refractivity contribution in [2.24, 2.45) is 0 Å². The monoisotopic (exact) mass is 440 g/mol. The number of rotatable bonds is 5. The molecule has 3 heterocycles. The standard InChI is InChI=1S/C23H21ClN2O3S/c1-28-20-11-17(6-7-19(20)29-18-12-25-13-18)26-9-8-15-10-21(30-22(15)23(26)27)14-2-4-16(24)5-3-14/h2-7,10-11,18,25H,8-9,12-13H2,1H3. The van der Waals surface area contributed by atoms with Gasteiger partial charge in [0.25, 0.3) is 5.91 Å². The van der Waals surface area contributed by atoms with Crippen LogP contribution < -0.4 is 19.7 Å². The summed E-state index contributed by atoms with van der Waals surface area (Å²) in [7, 11) is 1.62. The van der Waals surface area contributed by atoms with E-state index in [-0.39, 0.29) is 12.0 Å². The van der Waals surface area contributed by atoms with Gasteiger partial charge in [-0.1, -0.05) is 23.7 Å². The molecule has 5 nitrogen and oxygen atoms in total. The van der Waals surface area contributed by atoms with Crippen LogP contribution in [0.3, 0.4) is 0 Å². The van der Waals surface area contributed by atoms with E-state index in [9.17, 15) is 4.79 Å². The largest absolute Gasteiger partial charge is 0.493 e. The number of hydrogen-bond donors (Lipinski definition) is 1. The van der Waals surface area contributed by atoms with Gasteiger partial charge in [0, 0.05) is 41.3 Å². The van der Waals surface area contributed by atoms with Crippen LogP contribution in [0.15, 0.2) is 48.5 Å². The average molecular weight is 441 g/mol. The molecule has 1 N–H and O–H groups in total. The van der Waals surface area contributed by atoms with Crippen molar-refractivity contribution >= 4 is 34.5 Å². The van der Waals surface area contributed by atoms with Crippen LogP contribution in [-0.4, -0.2) is 38.8 Å². The Labute approximate surface area is 184 Å². The quantitative estimate of drug-likeness (QED) is 0.628. The summed E-state index contributed by atoms with van der Waals surface area (Å²) in [6.07, 6.45) is 0.987. The van der Waals surface area contributed by atoms with Crippen LogP contribution in [0.4, 0.5) is 5.69 Å². The fourth-order valence-electron chi connectivity index (χ4n) is 3.70. The summed E-state index contributed by atoms with van der Waals surface area (Å²) in [5, 5.41) is 3.90. The zero-order chi connectivity index (χ0) is 20.7. The molecule has 1 aromatic heterocycles. The molecule has 3 aromatic rings. The zero-order valence-electron chi connectivity index (χ0n) is 16.5. The van der Waals surface area contributed by atoms with Gasteiger partial charge >= 0.3 is 0 Å². The molecule has 1 fully saturated rings. The van der Waals surface area contributed by atoms with Crippen molar-refractivity contribution in [2.45, 2.75) is 12.5 Å². The van der Waals surface area contributed by atoms with E-state index < -0.39 is 0 Å². The van der Waals surface area contributed by atoms with Crippen LogP contribution in [-0.2, 0) is 6.42 Å². The fraction of sp³-hybridized carbons (Fsp3) is 0.261. The predicted molar refractivity (Wildman–Crippen MR) is 120 cm³/mol. The van der Waals surface area contributed by atoms with E-state index in [1.54, 1.807) is 7.11 Å². The van der Waals surface area contributed by atoms with Crippen molar-refractivity contribution < 1.29 is 14.3 Å². The van der Waals surface area contributed by atoms with Crippen LogP contribution in [0.5, 0.6) is 11.5 Å². The van der Waals surface area contributed by atoms with E-state index in [2.05, 4.69) is 11.4 Å². The summed E-state index contributed by atoms with van der Waals surface area (Å²) in [4.78, 5) is 17.0. The minimum Gasteiger partial charge on any atom is -0.493 e. The van der Waals surface area contributed by atoms with Gasteiger partial charge in [0.05, 0.1) is 12.0 Å². The maximum Gasteiger partial charge on any atom is 0.268 e. The van der Waals surface area contributed by atoms with Crippen molar-refractivity contribution in [1.29, 1.82) is 0 Å². The van der Waals surface area contributed by atoms with Crippen LogP contribution in [0, 0.1) is 0 Å². The number of anilines is 1. The highest BCUT2D eigenvalue weighted by atomic mass is 35.5.